The number of ether oxygens (including phenoxy) is 2. The minimum atomic E-state index is -0.663. The van der Waals surface area contributed by atoms with Crippen LogP contribution in [0.4, 0.5) is 4.39 Å². The summed E-state index contributed by atoms with van der Waals surface area (Å²) in [7, 11) is 0. The van der Waals surface area contributed by atoms with E-state index in [2.05, 4.69) is 20.9 Å². The summed E-state index contributed by atoms with van der Waals surface area (Å²) in [5.41, 5.74) is 1.29. The van der Waals surface area contributed by atoms with E-state index >= 15 is 0 Å². The summed E-state index contributed by atoms with van der Waals surface area (Å²) in [4.78, 5) is 29.4. The summed E-state index contributed by atoms with van der Waals surface area (Å²) < 4.78 is 26.2. The van der Waals surface area contributed by atoms with Gasteiger partial charge in [-0.25, -0.2) is 14.2 Å². The van der Waals surface area contributed by atoms with E-state index < -0.39 is 23.7 Å². The van der Waals surface area contributed by atoms with Crippen molar-refractivity contribution < 1.29 is 23.5 Å². The van der Waals surface area contributed by atoms with E-state index in [-0.39, 0.29) is 35.4 Å². The third-order valence-corrected chi connectivity index (χ3v) is 5.25. The third-order valence-electron chi connectivity index (χ3n) is 4.43. The van der Waals surface area contributed by atoms with Crippen molar-refractivity contribution in [2.75, 3.05) is 13.2 Å². The Balaban J connectivity index is 2.27. The number of rotatable bonds is 7. The number of fused-ring (bicyclic) bond motifs is 1. The molecule has 0 spiro atoms. The van der Waals surface area contributed by atoms with Gasteiger partial charge in [-0.15, -0.1) is 0 Å². The van der Waals surface area contributed by atoms with Crippen LogP contribution in [0.2, 0.25) is 5.02 Å². The van der Waals surface area contributed by atoms with Crippen LogP contribution >= 0.6 is 27.5 Å². The zero-order valence-electron chi connectivity index (χ0n) is 16.3. The third kappa shape index (κ3) is 4.65. The number of benzene rings is 1. The van der Waals surface area contributed by atoms with Gasteiger partial charge < -0.3 is 13.9 Å². The number of aromatic nitrogens is 2. The molecule has 0 amide bonds. The molecule has 30 heavy (non-hydrogen) atoms. The molecule has 9 heteroatoms. The lowest BCUT2D eigenvalue weighted by Crippen LogP contribution is -2.17. The zero-order valence-corrected chi connectivity index (χ0v) is 18.7. The lowest BCUT2D eigenvalue weighted by atomic mass is 9.91. The van der Waals surface area contributed by atoms with Crippen LogP contribution in [0.25, 0.3) is 5.65 Å². The Hall–Kier alpha value is -2.45. The monoisotopic (exact) mass is 496 g/mol. The summed E-state index contributed by atoms with van der Waals surface area (Å²) in [5.74, 6) is -2.27. The molecule has 0 saturated heterocycles. The molecule has 0 aliphatic carbocycles. The number of esters is 2. The highest BCUT2D eigenvalue weighted by atomic mass is 79.9. The molecule has 0 radical (unpaired) electrons. The van der Waals surface area contributed by atoms with Crippen molar-refractivity contribution >= 4 is 45.1 Å². The molecule has 0 aliphatic heterocycles. The normalized spacial score (nSPS) is 12.0. The van der Waals surface area contributed by atoms with E-state index in [9.17, 15) is 14.0 Å². The van der Waals surface area contributed by atoms with Crippen molar-refractivity contribution in [3.05, 3.63) is 68.8 Å². The van der Waals surface area contributed by atoms with Crippen molar-refractivity contribution in [1.29, 1.82) is 0 Å². The number of hydrogen-bond acceptors (Lipinski definition) is 5. The largest absolute Gasteiger partial charge is 0.466 e. The fourth-order valence-corrected chi connectivity index (χ4v) is 3.74. The summed E-state index contributed by atoms with van der Waals surface area (Å²) in [5, 5.41) is 0.472. The van der Waals surface area contributed by atoms with Gasteiger partial charge in [-0.3, -0.25) is 4.79 Å². The van der Waals surface area contributed by atoms with Crippen LogP contribution < -0.4 is 0 Å². The first kappa shape index (κ1) is 22.2. The van der Waals surface area contributed by atoms with Crippen molar-refractivity contribution in [3.63, 3.8) is 0 Å². The predicted octanol–water partition coefficient (Wildman–Crippen LogP) is 5.15. The molecule has 1 aromatic carbocycles. The smallest absolute Gasteiger partial charge is 0.358 e. The van der Waals surface area contributed by atoms with Crippen LogP contribution in [0, 0.1) is 5.82 Å². The zero-order chi connectivity index (χ0) is 21.8. The summed E-state index contributed by atoms with van der Waals surface area (Å²) in [6, 6.07) is 8.16. The molecule has 0 fully saturated rings. The van der Waals surface area contributed by atoms with Crippen molar-refractivity contribution in [2.24, 2.45) is 0 Å². The van der Waals surface area contributed by atoms with Gasteiger partial charge in [0, 0.05) is 23.2 Å². The number of carbonyl (C=O) groups excluding carboxylic acids is 2. The second-order valence-corrected chi connectivity index (χ2v) is 7.67. The molecule has 158 valence electrons. The fourth-order valence-electron chi connectivity index (χ4n) is 3.22. The molecule has 2 aromatic heterocycles. The van der Waals surface area contributed by atoms with E-state index in [0.29, 0.717) is 16.3 Å². The molecule has 3 rings (SSSR count). The number of hydrogen-bond donors (Lipinski definition) is 0. The van der Waals surface area contributed by atoms with Gasteiger partial charge in [0.15, 0.2) is 5.69 Å². The Morgan fingerprint density at radius 3 is 2.63 bits per heavy atom. The Morgan fingerprint density at radius 1 is 1.23 bits per heavy atom. The first-order valence-electron chi connectivity index (χ1n) is 9.30. The van der Waals surface area contributed by atoms with Gasteiger partial charge in [-0.05, 0) is 47.5 Å². The van der Waals surface area contributed by atoms with E-state index in [1.165, 1.54) is 12.3 Å². The van der Waals surface area contributed by atoms with E-state index in [1.54, 1.807) is 42.5 Å². The fraction of sp³-hybridized carbons (Fsp3) is 0.286. The molecule has 0 bridgehead atoms. The van der Waals surface area contributed by atoms with Crippen LogP contribution in [0.3, 0.4) is 0 Å². The highest BCUT2D eigenvalue weighted by Crippen LogP contribution is 2.34. The molecule has 1 unspecified atom stereocenters. The number of pyridine rings is 1. The SMILES string of the molecule is CCOC(=O)CC(c1cccc(Cl)c1)c1c(C(=O)OCC)nc2cc(F)c(Br)cn12. The van der Waals surface area contributed by atoms with Crippen molar-refractivity contribution in [1.82, 2.24) is 9.38 Å². The molecular formula is C21H19BrClFN2O4. The maximum absolute atomic E-state index is 14.1. The Bertz CT molecular complexity index is 1100. The molecule has 6 nitrogen and oxygen atoms in total. The lowest BCUT2D eigenvalue weighted by molar-refractivity contribution is -0.143. The molecular weight excluding hydrogens is 479 g/mol. The summed E-state index contributed by atoms with van der Waals surface area (Å²) in [6.07, 6.45) is 1.40. The second-order valence-electron chi connectivity index (χ2n) is 6.38. The van der Waals surface area contributed by atoms with Crippen LogP contribution in [-0.2, 0) is 14.3 Å². The van der Waals surface area contributed by atoms with Crippen LogP contribution in [0.5, 0.6) is 0 Å². The lowest BCUT2D eigenvalue weighted by Gasteiger charge is -2.18. The summed E-state index contributed by atoms with van der Waals surface area (Å²) >= 11 is 9.34. The predicted molar refractivity (Wildman–Crippen MR) is 113 cm³/mol. The topological polar surface area (TPSA) is 69.9 Å². The average Bonchev–Trinajstić information content (AvgIpc) is 3.05. The van der Waals surface area contributed by atoms with Gasteiger partial charge >= 0.3 is 11.9 Å². The first-order chi connectivity index (χ1) is 14.3. The number of imidazole rings is 1. The average molecular weight is 498 g/mol. The van der Waals surface area contributed by atoms with Gasteiger partial charge in [-0.2, -0.15) is 0 Å². The number of carbonyl (C=O) groups is 2. The molecule has 2 heterocycles. The number of nitrogens with zero attached hydrogens (tertiary/aromatic N) is 2. The van der Waals surface area contributed by atoms with Gasteiger partial charge in [0.05, 0.1) is 29.8 Å². The van der Waals surface area contributed by atoms with Crippen LogP contribution in [-0.4, -0.2) is 34.5 Å². The molecule has 0 aliphatic rings. The van der Waals surface area contributed by atoms with Crippen LogP contribution in [0.1, 0.15) is 47.9 Å². The van der Waals surface area contributed by atoms with Crippen LogP contribution in [0.15, 0.2) is 41.0 Å². The number of halogens is 3. The van der Waals surface area contributed by atoms with Crippen molar-refractivity contribution in [3.8, 4) is 0 Å². The van der Waals surface area contributed by atoms with E-state index in [0.717, 1.165) is 0 Å². The van der Waals surface area contributed by atoms with Gasteiger partial charge in [-0.1, -0.05) is 23.7 Å². The molecule has 0 saturated carbocycles. The molecule has 1 atom stereocenters. The minimum absolute atomic E-state index is 0.00336. The van der Waals surface area contributed by atoms with Gasteiger partial charge in [0.2, 0.25) is 0 Å². The highest BCUT2D eigenvalue weighted by molar-refractivity contribution is 9.10. The minimum Gasteiger partial charge on any atom is -0.466 e. The Morgan fingerprint density at radius 2 is 1.97 bits per heavy atom. The van der Waals surface area contributed by atoms with Crippen molar-refractivity contribution in [2.45, 2.75) is 26.2 Å². The Kier molecular flexibility index (Phi) is 7.10. The van der Waals surface area contributed by atoms with E-state index in [1.807, 2.05) is 0 Å². The van der Waals surface area contributed by atoms with Gasteiger partial charge in [0.25, 0.3) is 0 Å². The first-order valence-corrected chi connectivity index (χ1v) is 10.5. The quantitative estimate of drug-likeness (QED) is 0.422. The molecule has 0 N–H and O–H groups in total. The maximum Gasteiger partial charge on any atom is 0.358 e. The standard InChI is InChI=1S/C21H19BrClFN2O4/c1-3-29-18(27)9-14(12-6-5-7-13(23)8-12)20-19(21(28)30-4-2)25-17-10-16(24)15(22)11-26(17)20/h5-8,10-11,14H,3-4,9H2,1-2H3. The molecule has 3 aromatic rings. The summed E-state index contributed by atoms with van der Waals surface area (Å²) in [6.45, 7) is 3.75. The van der Waals surface area contributed by atoms with E-state index in [4.69, 9.17) is 21.1 Å². The van der Waals surface area contributed by atoms with Gasteiger partial charge in [0.1, 0.15) is 11.5 Å². The Labute approximate surface area is 186 Å². The highest BCUT2D eigenvalue weighted by Gasteiger charge is 2.30. The second kappa shape index (κ2) is 9.57. The maximum atomic E-state index is 14.1.